The van der Waals surface area contributed by atoms with Gasteiger partial charge in [-0.15, -0.1) is 22.9 Å². The molecule has 3 nitrogen and oxygen atoms in total. The van der Waals surface area contributed by atoms with E-state index >= 15 is 0 Å². The maximum atomic E-state index is 11.8. The molecule has 5 heteroatoms. The number of likely N-dealkylation sites (tertiary alicyclic amines) is 1. The standard InChI is InChI=1S/C11H15ClN2OS/c1-7-6-16-11(13-7)8(2)14-5-9(4-12)3-10(14)15/h6,8-9H,3-5H2,1-2H3. The van der Waals surface area contributed by atoms with Crippen molar-refractivity contribution in [2.45, 2.75) is 26.3 Å². The first-order valence-electron chi connectivity index (χ1n) is 5.39. The molecule has 0 radical (unpaired) electrons. The van der Waals surface area contributed by atoms with Crippen LogP contribution in [0.5, 0.6) is 0 Å². The van der Waals surface area contributed by atoms with Gasteiger partial charge in [-0.2, -0.15) is 0 Å². The molecule has 88 valence electrons. The predicted octanol–water partition coefficient (Wildman–Crippen LogP) is 2.60. The third kappa shape index (κ3) is 2.23. The van der Waals surface area contributed by atoms with E-state index in [4.69, 9.17) is 11.6 Å². The van der Waals surface area contributed by atoms with Crippen LogP contribution in [0.2, 0.25) is 0 Å². The Kier molecular flexibility index (Phi) is 3.50. The van der Waals surface area contributed by atoms with Crippen LogP contribution in [0.1, 0.15) is 30.1 Å². The highest BCUT2D eigenvalue weighted by atomic mass is 35.5. The van der Waals surface area contributed by atoms with Crippen LogP contribution in [-0.4, -0.2) is 28.2 Å². The molecule has 2 unspecified atom stereocenters. The van der Waals surface area contributed by atoms with Gasteiger partial charge in [-0.05, 0) is 19.8 Å². The number of hydrogen-bond acceptors (Lipinski definition) is 3. The fourth-order valence-electron chi connectivity index (χ4n) is 1.98. The second-order valence-electron chi connectivity index (χ2n) is 4.27. The van der Waals surface area contributed by atoms with Crippen LogP contribution in [0.25, 0.3) is 0 Å². The smallest absolute Gasteiger partial charge is 0.223 e. The van der Waals surface area contributed by atoms with Crippen molar-refractivity contribution in [1.82, 2.24) is 9.88 Å². The van der Waals surface area contributed by atoms with Crippen molar-refractivity contribution in [1.29, 1.82) is 0 Å². The summed E-state index contributed by atoms with van der Waals surface area (Å²) in [5, 5.41) is 3.03. The Labute approximate surface area is 104 Å². The number of aromatic nitrogens is 1. The zero-order valence-corrected chi connectivity index (χ0v) is 11.0. The SMILES string of the molecule is Cc1csc(C(C)N2CC(CCl)CC2=O)n1. The van der Waals surface area contributed by atoms with Gasteiger partial charge in [0.05, 0.1) is 6.04 Å². The second-order valence-corrected chi connectivity index (χ2v) is 5.47. The van der Waals surface area contributed by atoms with E-state index in [-0.39, 0.29) is 11.9 Å². The molecule has 0 aliphatic carbocycles. The largest absolute Gasteiger partial charge is 0.333 e. The highest BCUT2D eigenvalue weighted by Crippen LogP contribution is 2.30. The summed E-state index contributed by atoms with van der Waals surface area (Å²) in [7, 11) is 0. The summed E-state index contributed by atoms with van der Waals surface area (Å²) < 4.78 is 0. The van der Waals surface area contributed by atoms with E-state index < -0.39 is 0 Å². The lowest BCUT2D eigenvalue weighted by molar-refractivity contribution is -0.129. The van der Waals surface area contributed by atoms with E-state index in [0.717, 1.165) is 17.2 Å². The molecule has 1 saturated heterocycles. The Bertz CT molecular complexity index is 393. The normalized spacial score (nSPS) is 22.8. The van der Waals surface area contributed by atoms with Crippen LogP contribution in [0.15, 0.2) is 5.38 Å². The molecule has 1 amide bonds. The number of thiazole rings is 1. The van der Waals surface area contributed by atoms with Gasteiger partial charge in [0.15, 0.2) is 0 Å². The number of aryl methyl sites for hydroxylation is 1. The minimum absolute atomic E-state index is 0.0828. The molecular formula is C11H15ClN2OS. The van der Waals surface area contributed by atoms with Crippen LogP contribution in [-0.2, 0) is 4.79 Å². The first kappa shape index (κ1) is 11.9. The molecule has 2 heterocycles. The van der Waals surface area contributed by atoms with Crippen molar-refractivity contribution in [3.8, 4) is 0 Å². The second kappa shape index (κ2) is 4.72. The summed E-state index contributed by atoms with van der Waals surface area (Å²) in [6.45, 7) is 4.77. The third-order valence-corrected chi connectivity index (χ3v) is 4.49. The van der Waals surface area contributed by atoms with Crippen molar-refractivity contribution in [3.63, 3.8) is 0 Å². The zero-order chi connectivity index (χ0) is 11.7. The average molecular weight is 259 g/mol. The molecule has 0 N–H and O–H groups in total. The van der Waals surface area contributed by atoms with E-state index in [1.807, 2.05) is 24.1 Å². The number of halogens is 1. The van der Waals surface area contributed by atoms with Gasteiger partial charge in [0.1, 0.15) is 5.01 Å². The Balaban J connectivity index is 2.10. The fourth-order valence-corrected chi connectivity index (χ4v) is 3.06. The lowest BCUT2D eigenvalue weighted by atomic mass is 10.1. The van der Waals surface area contributed by atoms with E-state index in [2.05, 4.69) is 4.98 Å². The van der Waals surface area contributed by atoms with Crippen LogP contribution >= 0.6 is 22.9 Å². The van der Waals surface area contributed by atoms with Crippen LogP contribution in [0, 0.1) is 12.8 Å². The first-order valence-corrected chi connectivity index (χ1v) is 6.80. The van der Waals surface area contributed by atoms with Gasteiger partial charge >= 0.3 is 0 Å². The number of nitrogens with zero attached hydrogens (tertiary/aromatic N) is 2. The maximum Gasteiger partial charge on any atom is 0.223 e. The molecule has 0 saturated carbocycles. The van der Waals surface area contributed by atoms with E-state index in [9.17, 15) is 4.79 Å². The van der Waals surface area contributed by atoms with Crippen molar-refractivity contribution >= 4 is 28.8 Å². The maximum absolute atomic E-state index is 11.8. The third-order valence-electron chi connectivity index (χ3n) is 2.92. The number of alkyl halides is 1. The van der Waals surface area contributed by atoms with Gasteiger partial charge < -0.3 is 4.90 Å². The average Bonchev–Trinajstić information content (AvgIpc) is 2.83. The van der Waals surface area contributed by atoms with Gasteiger partial charge in [-0.3, -0.25) is 4.79 Å². The van der Waals surface area contributed by atoms with E-state index in [1.165, 1.54) is 0 Å². The number of hydrogen-bond donors (Lipinski definition) is 0. The first-order chi connectivity index (χ1) is 7.61. The molecule has 0 bridgehead atoms. The van der Waals surface area contributed by atoms with Crippen molar-refractivity contribution in [3.05, 3.63) is 16.1 Å². The number of amides is 1. The molecule has 0 spiro atoms. The fraction of sp³-hybridized carbons (Fsp3) is 0.636. The van der Waals surface area contributed by atoms with Crippen LogP contribution in [0.3, 0.4) is 0 Å². The molecular weight excluding hydrogens is 244 g/mol. The van der Waals surface area contributed by atoms with Gasteiger partial charge in [-0.25, -0.2) is 4.98 Å². The minimum Gasteiger partial charge on any atom is -0.333 e. The zero-order valence-electron chi connectivity index (χ0n) is 9.44. The molecule has 2 atom stereocenters. The topological polar surface area (TPSA) is 33.2 Å². The van der Waals surface area contributed by atoms with Gasteiger partial charge in [0.2, 0.25) is 5.91 Å². The molecule has 0 aromatic carbocycles. The molecule has 1 aromatic rings. The van der Waals surface area contributed by atoms with Crippen molar-refractivity contribution in [2.75, 3.05) is 12.4 Å². The van der Waals surface area contributed by atoms with Crippen LogP contribution in [0.4, 0.5) is 0 Å². The molecule has 1 aliphatic heterocycles. The minimum atomic E-state index is 0.0828. The predicted molar refractivity (Wildman–Crippen MR) is 65.8 cm³/mol. The Morgan fingerprint density at radius 1 is 1.75 bits per heavy atom. The Hall–Kier alpha value is -0.610. The molecule has 1 fully saturated rings. The van der Waals surface area contributed by atoms with E-state index in [0.29, 0.717) is 18.2 Å². The summed E-state index contributed by atoms with van der Waals surface area (Å²) in [5.41, 5.74) is 1.02. The number of carbonyl (C=O) groups is 1. The quantitative estimate of drug-likeness (QED) is 0.781. The summed E-state index contributed by atoms with van der Waals surface area (Å²) in [4.78, 5) is 18.1. The van der Waals surface area contributed by atoms with Crippen molar-refractivity contribution in [2.24, 2.45) is 5.92 Å². The lowest BCUT2D eigenvalue weighted by Gasteiger charge is -2.22. The summed E-state index contributed by atoms with van der Waals surface area (Å²) in [6.07, 6.45) is 0.582. The lowest BCUT2D eigenvalue weighted by Crippen LogP contribution is -2.28. The molecule has 1 aliphatic rings. The molecule has 1 aromatic heterocycles. The van der Waals surface area contributed by atoms with Crippen LogP contribution < -0.4 is 0 Å². The number of rotatable bonds is 3. The van der Waals surface area contributed by atoms with Gasteiger partial charge in [0.25, 0.3) is 0 Å². The van der Waals surface area contributed by atoms with Gasteiger partial charge in [-0.1, -0.05) is 0 Å². The summed E-state index contributed by atoms with van der Waals surface area (Å²) >= 11 is 7.42. The molecule has 2 rings (SSSR count). The summed E-state index contributed by atoms with van der Waals surface area (Å²) in [5.74, 6) is 1.06. The highest BCUT2D eigenvalue weighted by molar-refractivity contribution is 7.09. The number of carbonyl (C=O) groups excluding carboxylic acids is 1. The van der Waals surface area contributed by atoms with Gasteiger partial charge in [0, 0.05) is 29.9 Å². The monoisotopic (exact) mass is 258 g/mol. The molecule has 16 heavy (non-hydrogen) atoms. The Morgan fingerprint density at radius 3 is 3.00 bits per heavy atom. The van der Waals surface area contributed by atoms with Crippen molar-refractivity contribution < 1.29 is 4.79 Å². The Morgan fingerprint density at radius 2 is 2.50 bits per heavy atom. The van der Waals surface area contributed by atoms with E-state index in [1.54, 1.807) is 11.3 Å². The summed E-state index contributed by atoms with van der Waals surface area (Å²) in [6, 6.07) is 0.0828. The highest BCUT2D eigenvalue weighted by Gasteiger charge is 2.33.